The number of ether oxygens (including phenoxy) is 2. The summed E-state index contributed by atoms with van der Waals surface area (Å²) in [6.07, 6.45) is 6.44. The highest BCUT2D eigenvalue weighted by Crippen LogP contribution is 2.26. The Kier molecular flexibility index (Phi) is 8.19. The van der Waals surface area contributed by atoms with Crippen molar-refractivity contribution in [2.24, 2.45) is 11.6 Å². The number of hydrazine groups is 1. The number of alkyl carbamates (subject to hydrolysis) is 1. The van der Waals surface area contributed by atoms with Crippen molar-refractivity contribution in [2.75, 3.05) is 13.2 Å². The molecule has 1 aliphatic rings. The lowest BCUT2D eigenvalue weighted by Crippen LogP contribution is -2.31. The third-order valence-corrected chi connectivity index (χ3v) is 4.53. The van der Waals surface area contributed by atoms with E-state index < -0.39 is 6.09 Å². The van der Waals surface area contributed by atoms with Gasteiger partial charge in [0.15, 0.2) is 0 Å². The van der Waals surface area contributed by atoms with Crippen LogP contribution in [0.4, 0.5) is 4.79 Å². The van der Waals surface area contributed by atoms with Gasteiger partial charge in [0.25, 0.3) is 0 Å². The molecule has 0 bridgehead atoms. The van der Waals surface area contributed by atoms with Crippen molar-refractivity contribution < 1.29 is 14.3 Å². The highest BCUT2D eigenvalue weighted by Gasteiger charge is 2.17. The van der Waals surface area contributed by atoms with Crippen LogP contribution in [0.5, 0.6) is 5.75 Å². The van der Waals surface area contributed by atoms with Crippen LogP contribution in [0.1, 0.15) is 56.8 Å². The number of pyridine rings is 1. The fraction of sp³-hybridized carbons (Fsp3) is 0.579. The molecule has 0 radical (unpaired) electrons. The summed E-state index contributed by atoms with van der Waals surface area (Å²) >= 11 is 0. The first-order chi connectivity index (χ1) is 13.0. The maximum absolute atomic E-state index is 11.6. The normalized spacial score (nSPS) is 15.7. The van der Waals surface area contributed by atoms with Crippen molar-refractivity contribution in [1.82, 2.24) is 15.7 Å². The van der Waals surface area contributed by atoms with E-state index in [1.807, 2.05) is 19.9 Å². The Labute approximate surface area is 160 Å². The van der Waals surface area contributed by atoms with E-state index in [1.165, 1.54) is 19.3 Å². The predicted molar refractivity (Wildman–Crippen MR) is 105 cm³/mol. The number of hydrogen-bond donors (Lipinski definition) is 4. The molecule has 2 rings (SSSR count). The highest BCUT2D eigenvalue weighted by atomic mass is 16.5. The third-order valence-electron chi connectivity index (χ3n) is 4.53. The van der Waals surface area contributed by atoms with Gasteiger partial charge in [-0.1, -0.05) is 13.3 Å². The van der Waals surface area contributed by atoms with Gasteiger partial charge >= 0.3 is 6.09 Å². The molecule has 0 unspecified atom stereocenters. The Morgan fingerprint density at radius 3 is 2.67 bits per heavy atom. The Hall–Kier alpha value is -2.48. The molecule has 8 nitrogen and oxygen atoms in total. The zero-order valence-corrected chi connectivity index (χ0v) is 16.2. The van der Waals surface area contributed by atoms with E-state index >= 15 is 0 Å². The molecule has 6 N–H and O–H groups in total. The standard InChI is InChI=1S/C19H31N5O3/c1-3-11-22-19(25)26-12-16(24-21)18(20)15-9-10-17(13(2)23-15)27-14-7-5-4-6-8-14/h9-10,14,24H,3-8,11-12,20-21H2,1-2H3,(H,22,25)/b18-16-. The maximum atomic E-state index is 11.6. The molecular formula is C19H31N5O3. The summed E-state index contributed by atoms with van der Waals surface area (Å²) in [7, 11) is 0. The molecule has 0 atom stereocenters. The van der Waals surface area contributed by atoms with Crippen LogP contribution in [0, 0.1) is 6.92 Å². The predicted octanol–water partition coefficient (Wildman–Crippen LogP) is 2.33. The monoisotopic (exact) mass is 377 g/mol. The zero-order valence-electron chi connectivity index (χ0n) is 16.2. The minimum absolute atomic E-state index is 0.0705. The Morgan fingerprint density at radius 2 is 2.04 bits per heavy atom. The van der Waals surface area contributed by atoms with Gasteiger partial charge < -0.3 is 25.9 Å². The van der Waals surface area contributed by atoms with Crippen LogP contribution >= 0.6 is 0 Å². The van der Waals surface area contributed by atoms with Crippen molar-refractivity contribution in [1.29, 1.82) is 0 Å². The molecule has 1 aliphatic carbocycles. The van der Waals surface area contributed by atoms with Crippen molar-refractivity contribution in [3.8, 4) is 5.75 Å². The molecule has 1 fully saturated rings. The quantitative estimate of drug-likeness (QED) is 0.405. The second-order valence-corrected chi connectivity index (χ2v) is 6.70. The molecule has 1 aromatic rings. The summed E-state index contributed by atoms with van der Waals surface area (Å²) in [5, 5.41) is 2.62. The summed E-state index contributed by atoms with van der Waals surface area (Å²) in [6, 6.07) is 3.66. The van der Waals surface area contributed by atoms with Crippen LogP contribution in [0.15, 0.2) is 17.8 Å². The van der Waals surface area contributed by atoms with Crippen molar-refractivity contribution in [3.05, 3.63) is 29.2 Å². The molecule has 1 amide bonds. The molecule has 27 heavy (non-hydrogen) atoms. The molecule has 1 heterocycles. The van der Waals surface area contributed by atoms with Gasteiger partial charge in [-0.25, -0.2) is 9.78 Å². The number of carbonyl (C=O) groups excluding carboxylic acids is 1. The highest BCUT2D eigenvalue weighted by molar-refractivity contribution is 5.68. The minimum Gasteiger partial charge on any atom is -0.489 e. The van der Waals surface area contributed by atoms with Crippen molar-refractivity contribution in [3.63, 3.8) is 0 Å². The second-order valence-electron chi connectivity index (χ2n) is 6.70. The first-order valence-electron chi connectivity index (χ1n) is 9.55. The number of carbonyl (C=O) groups is 1. The van der Waals surface area contributed by atoms with Gasteiger partial charge in [-0.05, 0) is 51.2 Å². The lowest BCUT2D eigenvalue weighted by Gasteiger charge is -2.23. The molecule has 1 saturated carbocycles. The molecule has 0 aliphatic heterocycles. The molecule has 1 aromatic heterocycles. The fourth-order valence-electron chi connectivity index (χ4n) is 2.95. The third kappa shape index (κ3) is 6.32. The summed E-state index contributed by atoms with van der Waals surface area (Å²) in [5.41, 5.74) is 10.7. The Bertz CT molecular complexity index is 657. The van der Waals surface area contributed by atoms with E-state index in [0.29, 0.717) is 23.6 Å². The van der Waals surface area contributed by atoms with Crippen molar-refractivity contribution >= 4 is 11.8 Å². The van der Waals surface area contributed by atoms with Crippen LogP contribution in [0.2, 0.25) is 0 Å². The first-order valence-corrected chi connectivity index (χ1v) is 9.55. The zero-order chi connectivity index (χ0) is 19.6. The largest absolute Gasteiger partial charge is 0.489 e. The van der Waals surface area contributed by atoms with Gasteiger partial charge in [-0.15, -0.1) is 0 Å². The minimum atomic E-state index is -0.516. The lowest BCUT2D eigenvalue weighted by molar-refractivity contribution is 0.153. The van der Waals surface area contributed by atoms with E-state index in [0.717, 1.165) is 30.7 Å². The SMILES string of the molecule is CCCNC(=O)OC/C(NN)=C(/N)c1ccc(OC2CCCCC2)c(C)n1. The van der Waals surface area contributed by atoms with Gasteiger partial charge in [0, 0.05) is 6.54 Å². The van der Waals surface area contributed by atoms with E-state index in [-0.39, 0.29) is 12.7 Å². The van der Waals surface area contributed by atoms with E-state index in [4.69, 9.17) is 21.1 Å². The number of amides is 1. The number of nitrogens with two attached hydrogens (primary N) is 2. The molecule has 8 heteroatoms. The van der Waals surface area contributed by atoms with Crippen LogP contribution in [-0.2, 0) is 4.74 Å². The average Bonchev–Trinajstić information content (AvgIpc) is 2.69. The van der Waals surface area contributed by atoms with Crippen molar-refractivity contribution in [2.45, 2.75) is 58.5 Å². The molecule has 0 spiro atoms. The number of hydrogen-bond acceptors (Lipinski definition) is 7. The van der Waals surface area contributed by atoms with Crippen LogP contribution < -0.4 is 27.1 Å². The topological polar surface area (TPSA) is 125 Å². The van der Waals surface area contributed by atoms with E-state index in [1.54, 1.807) is 6.07 Å². The second kappa shape index (κ2) is 10.6. The molecular weight excluding hydrogens is 346 g/mol. The van der Waals surface area contributed by atoms with Gasteiger partial charge in [0.1, 0.15) is 12.4 Å². The number of aromatic nitrogens is 1. The maximum Gasteiger partial charge on any atom is 0.407 e. The van der Waals surface area contributed by atoms with Gasteiger partial charge in [-0.3, -0.25) is 5.84 Å². The van der Waals surface area contributed by atoms with E-state index in [2.05, 4.69) is 15.7 Å². The van der Waals surface area contributed by atoms with Gasteiger partial charge in [0.05, 0.1) is 28.9 Å². The van der Waals surface area contributed by atoms with Crippen LogP contribution in [0.25, 0.3) is 5.70 Å². The smallest absolute Gasteiger partial charge is 0.407 e. The lowest BCUT2D eigenvalue weighted by atomic mass is 9.98. The fourth-order valence-corrected chi connectivity index (χ4v) is 2.95. The molecule has 150 valence electrons. The summed E-state index contributed by atoms with van der Waals surface area (Å²) in [5.74, 6) is 6.31. The Morgan fingerprint density at radius 1 is 1.30 bits per heavy atom. The van der Waals surface area contributed by atoms with Gasteiger partial charge in [0.2, 0.25) is 0 Å². The molecule has 0 saturated heterocycles. The summed E-state index contributed by atoms with van der Waals surface area (Å²) in [6.45, 7) is 4.32. The number of nitrogens with zero attached hydrogens (tertiary/aromatic N) is 1. The Balaban J connectivity index is 2.04. The van der Waals surface area contributed by atoms with E-state index in [9.17, 15) is 4.79 Å². The van der Waals surface area contributed by atoms with Crippen LogP contribution in [-0.4, -0.2) is 30.3 Å². The van der Waals surface area contributed by atoms with Crippen LogP contribution in [0.3, 0.4) is 0 Å². The average molecular weight is 377 g/mol. The number of rotatable bonds is 8. The number of aryl methyl sites for hydroxylation is 1. The summed E-state index contributed by atoms with van der Waals surface area (Å²) < 4.78 is 11.2. The number of nitrogens with one attached hydrogen (secondary N) is 2. The summed E-state index contributed by atoms with van der Waals surface area (Å²) in [4.78, 5) is 16.1. The van der Waals surface area contributed by atoms with Gasteiger partial charge in [-0.2, -0.15) is 0 Å². The first kappa shape index (κ1) is 20.8. The molecule has 0 aromatic carbocycles.